The Balaban J connectivity index is 5.12. The van der Waals surface area contributed by atoms with Crippen LogP contribution in [-0.4, -0.2) is 57.8 Å². The van der Waals surface area contributed by atoms with Crippen LogP contribution in [0, 0.1) is 0 Å². The van der Waals surface area contributed by atoms with Crippen molar-refractivity contribution in [1.82, 2.24) is 0 Å². The molecule has 0 radical (unpaired) electrons. The molecule has 0 amide bonds. The number of rotatable bonds is 8. The second-order valence-corrected chi connectivity index (χ2v) is 8.91. The van der Waals surface area contributed by atoms with Crippen molar-refractivity contribution >= 4 is 8.56 Å². The first-order valence-electron chi connectivity index (χ1n) is 6.34. The van der Waals surface area contributed by atoms with E-state index in [1.165, 1.54) is 0 Å². The van der Waals surface area contributed by atoms with E-state index in [0.717, 1.165) is 0 Å². The molecule has 0 aromatic carbocycles. The van der Waals surface area contributed by atoms with Gasteiger partial charge >= 0.3 is 44.6 Å². The summed E-state index contributed by atoms with van der Waals surface area (Å²) in [5, 5.41) is 0. The van der Waals surface area contributed by atoms with Crippen molar-refractivity contribution in [3.63, 3.8) is 0 Å². The summed E-state index contributed by atoms with van der Waals surface area (Å²) in [6, 6.07) is 0. The van der Waals surface area contributed by atoms with Crippen LogP contribution in [0.2, 0.25) is 13.1 Å². The first kappa shape index (κ1) is 26.2. The van der Waals surface area contributed by atoms with Gasteiger partial charge < -0.3 is 8.85 Å². The summed E-state index contributed by atoms with van der Waals surface area (Å²) in [6.45, 7) is -4.51. The van der Waals surface area contributed by atoms with Crippen LogP contribution in [0.5, 0.6) is 0 Å². The summed E-state index contributed by atoms with van der Waals surface area (Å²) in [6.07, 6.45) is -13.4. The fourth-order valence-electron chi connectivity index (χ4n) is 1.17. The fraction of sp³-hybridized carbons (Fsp3) is 1.00. The van der Waals surface area contributed by atoms with Gasteiger partial charge in [-0.25, -0.2) is 0 Å². The van der Waals surface area contributed by atoms with Crippen molar-refractivity contribution in [2.75, 3.05) is 13.2 Å². The van der Waals surface area contributed by atoms with Crippen molar-refractivity contribution in [2.45, 2.75) is 49.1 Å². The van der Waals surface area contributed by atoms with Crippen molar-refractivity contribution in [3.8, 4) is 0 Å². The number of halogens is 14. The summed E-state index contributed by atoms with van der Waals surface area (Å²) in [4.78, 5) is 0. The predicted octanol–water partition coefficient (Wildman–Crippen LogP) is 5.39. The van der Waals surface area contributed by atoms with Gasteiger partial charge in [-0.3, -0.25) is 0 Å². The molecule has 0 atom stereocenters. The molecule has 0 aliphatic heterocycles. The number of hydrogen-bond acceptors (Lipinski definition) is 2. The molecule has 0 unspecified atom stereocenters. The Morgan fingerprint density at radius 3 is 0.926 bits per heavy atom. The Hall–Kier alpha value is -0.843. The van der Waals surface area contributed by atoms with Gasteiger partial charge in [0.1, 0.15) is 13.2 Å². The SMILES string of the molecule is C[Si](C)(OCC(F)(F)C(F)(F)C(F)(F)F)OCC(F)(F)C(F)(F)C(F)(F)F. The van der Waals surface area contributed by atoms with E-state index in [1.54, 1.807) is 0 Å². The van der Waals surface area contributed by atoms with Gasteiger partial charge in [-0.15, -0.1) is 0 Å². The molecule has 0 aliphatic rings. The summed E-state index contributed by atoms with van der Waals surface area (Å²) >= 11 is 0. The summed E-state index contributed by atoms with van der Waals surface area (Å²) in [5.41, 5.74) is 0. The fourth-order valence-corrected chi connectivity index (χ4v) is 2.31. The molecular weight excluding hydrogens is 446 g/mol. The molecule has 0 heterocycles. The average Bonchev–Trinajstić information content (AvgIpc) is 2.41. The molecule has 0 aromatic rings. The lowest BCUT2D eigenvalue weighted by Gasteiger charge is -2.33. The molecule has 0 aliphatic carbocycles. The van der Waals surface area contributed by atoms with E-state index in [-0.39, 0.29) is 0 Å². The quantitative estimate of drug-likeness (QED) is 0.361. The molecule has 0 spiro atoms. The third-order valence-corrected chi connectivity index (χ3v) is 4.51. The molecule has 2 nitrogen and oxygen atoms in total. The lowest BCUT2D eigenvalue weighted by molar-refractivity contribution is -0.361. The Kier molecular flexibility index (Phi) is 6.97. The first-order valence-corrected chi connectivity index (χ1v) is 9.15. The molecule has 0 saturated heterocycles. The van der Waals surface area contributed by atoms with E-state index in [2.05, 4.69) is 8.85 Å². The molecule has 0 aromatic heterocycles. The highest BCUT2D eigenvalue weighted by atomic mass is 28.4. The van der Waals surface area contributed by atoms with E-state index in [9.17, 15) is 61.5 Å². The zero-order chi connectivity index (χ0) is 22.3. The average molecular weight is 456 g/mol. The van der Waals surface area contributed by atoms with Crippen LogP contribution < -0.4 is 0 Å². The Morgan fingerprint density at radius 1 is 0.519 bits per heavy atom. The Labute approximate surface area is 142 Å². The highest BCUT2D eigenvalue weighted by Crippen LogP contribution is 2.48. The van der Waals surface area contributed by atoms with Gasteiger partial charge in [0.25, 0.3) is 0 Å². The van der Waals surface area contributed by atoms with Crippen LogP contribution in [0.25, 0.3) is 0 Å². The predicted molar refractivity (Wildman–Crippen MR) is 61.3 cm³/mol. The Morgan fingerprint density at radius 2 is 0.741 bits per heavy atom. The van der Waals surface area contributed by atoms with Crippen LogP contribution in [0.1, 0.15) is 0 Å². The van der Waals surface area contributed by atoms with E-state index in [0.29, 0.717) is 13.1 Å². The summed E-state index contributed by atoms with van der Waals surface area (Å²) in [5.74, 6) is -25.0. The maximum atomic E-state index is 13.0. The van der Waals surface area contributed by atoms with Gasteiger partial charge in [-0.05, 0) is 13.1 Å². The normalized spacial score (nSPS) is 16.0. The highest BCUT2D eigenvalue weighted by molar-refractivity contribution is 6.64. The molecule has 0 N–H and O–H groups in total. The third kappa shape index (κ3) is 5.58. The van der Waals surface area contributed by atoms with Crippen molar-refractivity contribution in [3.05, 3.63) is 0 Å². The highest BCUT2D eigenvalue weighted by Gasteiger charge is 2.74. The molecule has 0 fully saturated rings. The van der Waals surface area contributed by atoms with Gasteiger partial charge in [-0.1, -0.05) is 0 Å². The molecular formula is C10H10F14O2Si. The van der Waals surface area contributed by atoms with Gasteiger partial charge in [0.2, 0.25) is 0 Å². The number of alkyl halides is 14. The van der Waals surface area contributed by atoms with Crippen LogP contribution in [0.15, 0.2) is 0 Å². The van der Waals surface area contributed by atoms with Gasteiger partial charge in [0, 0.05) is 0 Å². The van der Waals surface area contributed by atoms with Crippen LogP contribution in [-0.2, 0) is 8.85 Å². The standard InChI is InChI=1S/C10H10F14O2Si/c1-27(2,25-3-5(11,12)7(15,16)9(19,20)21)26-4-6(13,14)8(17,18)10(22,23)24/h3-4H2,1-2H3. The summed E-state index contributed by atoms with van der Waals surface area (Å²) in [7, 11) is -4.56. The second-order valence-electron chi connectivity index (χ2n) is 5.53. The lowest BCUT2D eigenvalue weighted by Crippen LogP contribution is -2.57. The zero-order valence-corrected chi connectivity index (χ0v) is 14.0. The topological polar surface area (TPSA) is 18.5 Å². The minimum atomic E-state index is -6.71. The molecule has 27 heavy (non-hydrogen) atoms. The number of hydrogen-bond donors (Lipinski definition) is 0. The molecule has 0 saturated carbocycles. The minimum Gasteiger partial charge on any atom is -0.388 e. The van der Waals surface area contributed by atoms with E-state index >= 15 is 0 Å². The lowest BCUT2D eigenvalue weighted by atomic mass is 10.2. The van der Waals surface area contributed by atoms with Gasteiger partial charge in [-0.2, -0.15) is 61.5 Å². The second kappa shape index (κ2) is 7.20. The maximum absolute atomic E-state index is 13.0. The first-order chi connectivity index (χ1) is 11.4. The molecule has 17 heteroatoms. The van der Waals surface area contributed by atoms with E-state index in [1.807, 2.05) is 0 Å². The molecule has 164 valence electrons. The largest absolute Gasteiger partial charge is 0.459 e. The van der Waals surface area contributed by atoms with E-state index < -0.39 is 57.8 Å². The summed E-state index contributed by atoms with van der Waals surface area (Å²) < 4.78 is 182. The van der Waals surface area contributed by atoms with Crippen molar-refractivity contribution < 1.29 is 70.3 Å². The van der Waals surface area contributed by atoms with Crippen molar-refractivity contribution in [2.24, 2.45) is 0 Å². The van der Waals surface area contributed by atoms with Gasteiger partial charge in [0.15, 0.2) is 0 Å². The van der Waals surface area contributed by atoms with Crippen LogP contribution in [0.3, 0.4) is 0 Å². The molecule has 0 rings (SSSR count). The molecule has 0 bridgehead atoms. The van der Waals surface area contributed by atoms with Crippen molar-refractivity contribution in [1.29, 1.82) is 0 Å². The monoisotopic (exact) mass is 456 g/mol. The van der Waals surface area contributed by atoms with Gasteiger partial charge in [0.05, 0.1) is 0 Å². The minimum absolute atomic E-state index is 0.469. The van der Waals surface area contributed by atoms with Crippen LogP contribution >= 0.6 is 0 Å². The third-order valence-electron chi connectivity index (χ3n) is 2.83. The maximum Gasteiger partial charge on any atom is 0.459 e. The smallest absolute Gasteiger partial charge is 0.388 e. The van der Waals surface area contributed by atoms with E-state index in [4.69, 9.17) is 0 Å². The Bertz CT molecular complexity index is 465. The zero-order valence-electron chi connectivity index (χ0n) is 13.0. The van der Waals surface area contributed by atoms with Crippen LogP contribution in [0.4, 0.5) is 61.5 Å².